The molecule has 0 saturated heterocycles. The van der Waals surface area contributed by atoms with Gasteiger partial charge in [-0.2, -0.15) is 0 Å². The molecule has 1 N–H and O–H groups in total. The molecule has 0 aliphatic heterocycles. The predicted octanol–water partition coefficient (Wildman–Crippen LogP) is 2.74. The largest absolute Gasteiger partial charge is 0.410 e. The molecule has 60 valence electrons. The minimum absolute atomic E-state index is 0.159. The Hall–Kier alpha value is -0.540. The molecule has 1 aromatic rings. The molecule has 0 amide bonds. The zero-order valence-electron chi connectivity index (χ0n) is 6.26. The number of rotatable bonds is 1. The number of oxime groups is 1. The quantitative estimate of drug-likeness (QED) is 0.411. The lowest BCUT2D eigenvalue weighted by atomic mass is 10.3. The Morgan fingerprint density at radius 3 is 2.64 bits per heavy atom. The van der Waals surface area contributed by atoms with Gasteiger partial charge in [0.1, 0.15) is 0 Å². The van der Waals surface area contributed by atoms with Gasteiger partial charge in [0, 0.05) is 15.3 Å². The van der Waals surface area contributed by atoms with E-state index in [0.29, 0.717) is 0 Å². The van der Waals surface area contributed by atoms with Crippen molar-refractivity contribution in [1.29, 1.82) is 0 Å². The summed E-state index contributed by atoms with van der Waals surface area (Å²) in [4.78, 5) is 2.24. The normalized spacial score (nSPS) is 12.1. The number of hydrogen-bond acceptors (Lipinski definition) is 3. The number of thiophene rings is 1. The summed E-state index contributed by atoms with van der Waals surface area (Å²) in [6.45, 7) is 3.93. The van der Waals surface area contributed by atoms with E-state index >= 15 is 0 Å². The highest BCUT2D eigenvalue weighted by Gasteiger charge is 2.07. The maximum atomic E-state index is 8.38. The van der Waals surface area contributed by atoms with Crippen molar-refractivity contribution in [3.05, 3.63) is 21.4 Å². The van der Waals surface area contributed by atoms with E-state index in [9.17, 15) is 0 Å². The number of halogens is 1. The van der Waals surface area contributed by atoms with Gasteiger partial charge in [-0.3, -0.25) is 0 Å². The average Bonchev–Trinajstić information content (AvgIpc) is 2.28. The van der Waals surface area contributed by atoms with Gasteiger partial charge in [0.15, 0.2) is 5.17 Å². The van der Waals surface area contributed by atoms with E-state index in [2.05, 4.69) is 5.16 Å². The molecule has 4 heteroatoms. The predicted molar refractivity (Wildman–Crippen MR) is 48.0 cm³/mol. The third-order valence-electron chi connectivity index (χ3n) is 1.35. The van der Waals surface area contributed by atoms with Gasteiger partial charge in [-0.25, -0.2) is 0 Å². The summed E-state index contributed by atoms with van der Waals surface area (Å²) in [6.07, 6.45) is 0. The van der Waals surface area contributed by atoms with E-state index in [1.54, 1.807) is 11.3 Å². The lowest BCUT2D eigenvalue weighted by Crippen LogP contribution is -1.89. The highest BCUT2D eigenvalue weighted by atomic mass is 35.5. The monoisotopic (exact) mass is 189 g/mol. The van der Waals surface area contributed by atoms with Crippen LogP contribution in [-0.4, -0.2) is 10.4 Å². The topological polar surface area (TPSA) is 32.6 Å². The van der Waals surface area contributed by atoms with Crippen LogP contribution in [0.5, 0.6) is 0 Å². The van der Waals surface area contributed by atoms with Crippen LogP contribution in [0.2, 0.25) is 0 Å². The Morgan fingerprint density at radius 1 is 1.64 bits per heavy atom. The molecule has 0 aliphatic carbocycles. The second kappa shape index (κ2) is 3.24. The first-order valence-electron chi connectivity index (χ1n) is 3.10. The van der Waals surface area contributed by atoms with Crippen molar-refractivity contribution < 1.29 is 5.21 Å². The van der Waals surface area contributed by atoms with Gasteiger partial charge < -0.3 is 5.21 Å². The maximum absolute atomic E-state index is 8.38. The van der Waals surface area contributed by atoms with Gasteiger partial charge in [0.2, 0.25) is 0 Å². The summed E-state index contributed by atoms with van der Waals surface area (Å²) in [5.41, 5.74) is 0.816. The standard InChI is InChI=1S/C7H8ClNOS/c1-4-3-6(5(2)11-4)7(8)9-10/h3,10H,1-2H3. The van der Waals surface area contributed by atoms with Gasteiger partial charge in [-0.15, -0.1) is 11.3 Å². The summed E-state index contributed by atoms with van der Waals surface area (Å²) in [5.74, 6) is 0. The van der Waals surface area contributed by atoms with Crippen LogP contribution >= 0.6 is 22.9 Å². The number of hydrogen-bond donors (Lipinski definition) is 1. The van der Waals surface area contributed by atoms with Crippen molar-refractivity contribution in [3.63, 3.8) is 0 Å². The van der Waals surface area contributed by atoms with E-state index in [4.69, 9.17) is 16.8 Å². The van der Waals surface area contributed by atoms with E-state index in [-0.39, 0.29) is 5.17 Å². The van der Waals surface area contributed by atoms with Gasteiger partial charge in [-0.1, -0.05) is 16.8 Å². The molecule has 1 aromatic heterocycles. The maximum Gasteiger partial charge on any atom is 0.176 e. The van der Waals surface area contributed by atoms with Crippen molar-refractivity contribution >= 4 is 28.1 Å². The summed E-state index contributed by atoms with van der Waals surface area (Å²) in [5, 5.41) is 11.5. The minimum atomic E-state index is 0.159. The first kappa shape index (κ1) is 8.56. The van der Waals surface area contributed by atoms with Crippen molar-refractivity contribution in [3.8, 4) is 0 Å². The fraction of sp³-hybridized carbons (Fsp3) is 0.286. The number of aryl methyl sites for hydroxylation is 2. The van der Waals surface area contributed by atoms with Crippen LogP contribution < -0.4 is 0 Å². The lowest BCUT2D eigenvalue weighted by molar-refractivity contribution is 0.321. The molecule has 0 spiro atoms. The Kier molecular flexibility index (Phi) is 2.52. The van der Waals surface area contributed by atoms with Gasteiger partial charge in [-0.05, 0) is 19.9 Å². The van der Waals surface area contributed by atoms with E-state index in [1.165, 1.54) is 4.88 Å². The van der Waals surface area contributed by atoms with E-state index in [1.807, 2.05) is 19.9 Å². The molecule has 0 bridgehead atoms. The highest BCUT2D eigenvalue weighted by molar-refractivity contribution is 7.12. The van der Waals surface area contributed by atoms with Crippen LogP contribution in [0.3, 0.4) is 0 Å². The van der Waals surface area contributed by atoms with Crippen LogP contribution in [0.25, 0.3) is 0 Å². The summed E-state index contributed by atoms with van der Waals surface area (Å²) in [7, 11) is 0. The fourth-order valence-electron chi connectivity index (χ4n) is 0.889. The van der Waals surface area contributed by atoms with Crippen molar-refractivity contribution in [1.82, 2.24) is 0 Å². The summed E-state index contributed by atoms with van der Waals surface area (Å²) in [6, 6.07) is 1.90. The molecule has 2 nitrogen and oxygen atoms in total. The third-order valence-corrected chi connectivity index (χ3v) is 2.60. The molecule has 0 aliphatic rings. The Balaban J connectivity index is 3.13. The molecule has 1 heterocycles. The van der Waals surface area contributed by atoms with Crippen LogP contribution in [0.4, 0.5) is 0 Å². The second-order valence-electron chi connectivity index (χ2n) is 2.22. The SMILES string of the molecule is Cc1cc(C(Cl)=NO)c(C)s1. The summed E-state index contributed by atoms with van der Waals surface area (Å²) >= 11 is 7.25. The molecule has 11 heavy (non-hydrogen) atoms. The zero-order valence-corrected chi connectivity index (χ0v) is 7.83. The fourth-order valence-corrected chi connectivity index (χ4v) is 2.07. The Labute approximate surface area is 74.1 Å². The summed E-state index contributed by atoms with van der Waals surface area (Å²) < 4.78 is 0. The Bertz CT molecular complexity index is 293. The van der Waals surface area contributed by atoms with Gasteiger partial charge in [0.25, 0.3) is 0 Å². The first-order chi connectivity index (χ1) is 5.15. The molecule has 0 aromatic carbocycles. The molecule has 0 atom stereocenters. The van der Waals surface area contributed by atoms with E-state index in [0.717, 1.165) is 10.4 Å². The van der Waals surface area contributed by atoms with Crippen molar-refractivity contribution in [2.45, 2.75) is 13.8 Å². The number of nitrogens with zero attached hydrogens (tertiary/aromatic N) is 1. The van der Waals surface area contributed by atoms with Gasteiger partial charge in [0.05, 0.1) is 0 Å². The second-order valence-corrected chi connectivity index (χ2v) is 4.04. The van der Waals surface area contributed by atoms with Crippen LogP contribution in [-0.2, 0) is 0 Å². The molecule has 0 unspecified atom stereocenters. The van der Waals surface area contributed by atoms with Gasteiger partial charge >= 0.3 is 0 Å². The first-order valence-corrected chi connectivity index (χ1v) is 4.29. The smallest absolute Gasteiger partial charge is 0.176 e. The van der Waals surface area contributed by atoms with Crippen LogP contribution in [0.15, 0.2) is 11.2 Å². The van der Waals surface area contributed by atoms with Crippen molar-refractivity contribution in [2.24, 2.45) is 5.16 Å². The molecule has 1 rings (SSSR count). The molecular weight excluding hydrogens is 182 g/mol. The van der Waals surface area contributed by atoms with Crippen LogP contribution in [0, 0.1) is 13.8 Å². The van der Waals surface area contributed by atoms with E-state index < -0.39 is 0 Å². The lowest BCUT2D eigenvalue weighted by Gasteiger charge is -1.90. The van der Waals surface area contributed by atoms with Crippen molar-refractivity contribution in [2.75, 3.05) is 0 Å². The molecule has 0 fully saturated rings. The average molecular weight is 190 g/mol. The molecular formula is C7H8ClNOS. The van der Waals surface area contributed by atoms with Crippen LogP contribution in [0.1, 0.15) is 15.3 Å². The zero-order chi connectivity index (χ0) is 8.43. The third kappa shape index (κ3) is 1.73. The molecule has 0 radical (unpaired) electrons. The Morgan fingerprint density at radius 2 is 2.27 bits per heavy atom. The minimum Gasteiger partial charge on any atom is -0.410 e. The molecule has 0 saturated carbocycles. The highest BCUT2D eigenvalue weighted by Crippen LogP contribution is 2.22.